The van der Waals surface area contributed by atoms with Crippen LogP contribution in [-0.2, 0) is 15.5 Å². The van der Waals surface area contributed by atoms with Crippen LogP contribution >= 0.6 is 11.6 Å². The smallest absolute Gasteiger partial charge is 0.399 e. The number of halogens is 4. The van der Waals surface area contributed by atoms with Gasteiger partial charge in [0.1, 0.15) is 12.2 Å². The maximum atomic E-state index is 14.2. The summed E-state index contributed by atoms with van der Waals surface area (Å²) < 4.78 is 57.1. The largest absolute Gasteiger partial charge is 0.496 e. The number of hydrogen-bond donors (Lipinski definition) is 0. The van der Waals surface area contributed by atoms with E-state index in [1.54, 1.807) is 6.08 Å². The number of allylic oxidation sites excluding steroid dienone is 4. The van der Waals surface area contributed by atoms with Crippen LogP contribution < -0.4 is 9.95 Å². The quantitative estimate of drug-likeness (QED) is 0.123. The minimum Gasteiger partial charge on any atom is -0.399 e. The molecular formula is C36H45BClF3N5O3+. The fourth-order valence-corrected chi connectivity index (χ4v) is 7.61. The van der Waals surface area contributed by atoms with E-state index in [9.17, 15) is 18.0 Å². The Hall–Kier alpha value is -3.19. The van der Waals surface area contributed by atoms with Crippen molar-refractivity contribution >= 4 is 41.5 Å². The summed E-state index contributed by atoms with van der Waals surface area (Å²) in [5.41, 5.74) is 2.41. The Bertz CT molecular complexity index is 1780. The molecule has 2 aromatic heterocycles. The third-order valence-electron chi connectivity index (χ3n) is 11.3. The molecule has 8 nitrogen and oxygen atoms in total. The molecule has 1 amide bonds. The topological polar surface area (TPSA) is 69.5 Å². The van der Waals surface area contributed by atoms with Gasteiger partial charge in [0.25, 0.3) is 5.91 Å². The van der Waals surface area contributed by atoms with Gasteiger partial charge in [-0.2, -0.15) is 18.3 Å². The van der Waals surface area contributed by atoms with Crippen LogP contribution in [0.2, 0.25) is 0 Å². The number of fused-ring (bicyclic) bond motifs is 2. The highest BCUT2D eigenvalue weighted by molar-refractivity contribution is 6.62. The lowest BCUT2D eigenvalue weighted by molar-refractivity contribution is -0.142. The molecule has 0 aromatic carbocycles. The molecule has 6 rings (SSSR count). The Labute approximate surface area is 292 Å². The standard InChI is InChI=1S/C36H45BClF3N5O3/c1-10-27(38)15-25-13-14-44(18-21(25)2)33(47)29-19-45(43-31(29)36(39,40)41)23(4)11-12-30-24(5)46(30)20-22(3)28-16-26(17-42-32(28)46)37-48-34(6,7)35(8,9)49-37/h10,15-17,19-20,23-24,30H,1,11-14,18H2,2-9H3/q+1/b27-15+. The molecule has 49 heavy (non-hydrogen) atoms. The number of rotatable bonds is 8. The number of amides is 1. The first-order chi connectivity index (χ1) is 22.8. The second-order valence-corrected chi connectivity index (χ2v) is 15.4. The molecule has 2 aromatic rings. The number of alkyl halides is 3. The first kappa shape index (κ1) is 35.6. The molecule has 262 valence electrons. The molecule has 0 saturated carbocycles. The van der Waals surface area contributed by atoms with E-state index in [1.807, 2.05) is 47.7 Å². The van der Waals surface area contributed by atoms with Crippen molar-refractivity contribution in [3.05, 3.63) is 76.4 Å². The summed E-state index contributed by atoms with van der Waals surface area (Å²) in [7, 11) is -0.508. The van der Waals surface area contributed by atoms with Gasteiger partial charge in [-0.05, 0) is 85.9 Å². The Morgan fingerprint density at radius 1 is 1.24 bits per heavy atom. The van der Waals surface area contributed by atoms with Gasteiger partial charge in [0, 0.05) is 54.0 Å². The highest BCUT2D eigenvalue weighted by atomic mass is 35.5. The van der Waals surface area contributed by atoms with Gasteiger partial charge in [0.15, 0.2) is 11.7 Å². The Morgan fingerprint density at radius 3 is 2.53 bits per heavy atom. The summed E-state index contributed by atoms with van der Waals surface area (Å²) in [6, 6.07) is 2.23. The molecule has 0 N–H and O–H groups in total. The van der Waals surface area contributed by atoms with E-state index in [0.29, 0.717) is 22.4 Å². The molecule has 0 aliphatic carbocycles. The molecule has 2 saturated heterocycles. The van der Waals surface area contributed by atoms with E-state index >= 15 is 0 Å². The fourth-order valence-electron chi connectivity index (χ4n) is 7.48. The third kappa shape index (κ3) is 6.12. The maximum Gasteiger partial charge on any atom is 0.496 e. The third-order valence-corrected chi connectivity index (χ3v) is 11.5. The molecule has 1 spiro atoms. The van der Waals surface area contributed by atoms with Crippen LogP contribution in [0.4, 0.5) is 19.0 Å². The van der Waals surface area contributed by atoms with Gasteiger partial charge in [-0.1, -0.05) is 29.8 Å². The number of aromatic nitrogens is 3. The molecule has 0 radical (unpaired) electrons. The van der Waals surface area contributed by atoms with E-state index < -0.39 is 41.7 Å². The predicted molar refractivity (Wildman–Crippen MR) is 187 cm³/mol. The normalized spacial score (nSPS) is 26.7. The van der Waals surface area contributed by atoms with Crippen molar-refractivity contribution in [1.82, 2.24) is 24.1 Å². The average Bonchev–Trinajstić information content (AvgIpc) is 3.34. The van der Waals surface area contributed by atoms with Gasteiger partial charge < -0.3 is 14.2 Å². The van der Waals surface area contributed by atoms with E-state index in [4.69, 9.17) is 25.9 Å². The van der Waals surface area contributed by atoms with Crippen molar-refractivity contribution in [3.8, 4) is 0 Å². The lowest BCUT2D eigenvalue weighted by Gasteiger charge is -2.32. The van der Waals surface area contributed by atoms with Crippen molar-refractivity contribution < 1.29 is 27.3 Å². The van der Waals surface area contributed by atoms with Crippen molar-refractivity contribution in [2.24, 2.45) is 0 Å². The minimum atomic E-state index is -4.77. The van der Waals surface area contributed by atoms with Gasteiger partial charge in [-0.3, -0.25) is 9.48 Å². The van der Waals surface area contributed by atoms with Crippen LogP contribution in [-0.4, -0.2) is 69.1 Å². The molecule has 4 atom stereocenters. The number of nitrogens with zero attached hydrogens (tertiary/aromatic N) is 5. The molecule has 4 aliphatic rings. The molecule has 2 fully saturated rings. The van der Waals surface area contributed by atoms with Gasteiger partial charge in [0.05, 0.1) is 22.3 Å². The molecule has 13 heteroatoms. The van der Waals surface area contributed by atoms with Gasteiger partial charge in [-0.25, -0.2) is 9.47 Å². The molecule has 6 heterocycles. The van der Waals surface area contributed by atoms with E-state index in [0.717, 1.165) is 40.0 Å². The summed E-state index contributed by atoms with van der Waals surface area (Å²) in [6.45, 7) is 20.2. The second-order valence-electron chi connectivity index (χ2n) is 15.0. The lowest BCUT2D eigenvalue weighted by atomic mass is 9.79. The van der Waals surface area contributed by atoms with Gasteiger partial charge in [-0.15, -0.1) is 0 Å². The maximum absolute atomic E-state index is 14.2. The first-order valence-electron chi connectivity index (χ1n) is 16.9. The highest BCUT2D eigenvalue weighted by Gasteiger charge is 2.67. The second kappa shape index (κ2) is 12.2. The summed E-state index contributed by atoms with van der Waals surface area (Å²) in [6.07, 6.45) is 5.71. The van der Waals surface area contributed by atoms with E-state index in [1.165, 1.54) is 21.9 Å². The molecule has 0 bridgehead atoms. The number of quaternary nitrogens is 1. The SMILES string of the molecule is C=C/C(Cl)=C\C1=C(C)CN(C(=O)c2cn(C(C)CCC3C(C)[N+]34C=C(C)c3cc(B5OC(C)(C)C(C)(C)O5)cnc34)nc2C(F)(F)F)CC1. The van der Waals surface area contributed by atoms with Crippen LogP contribution in [0.3, 0.4) is 0 Å². The van der Waals surface area contributed by atoms with Gasteiger partial charge >= 0.3 is 13.3 Å². The van der Waals surface area contributed by atoms with Crippen molar-refractivity contribution in [2.45, 2.75) is 110 Å². The number of pyridine rings is 1. The van der Waals surface area contributed by atoms with Crippen LogP contribution in [0.25, 0.3) is 5.57 Å². The average molecular weight is 699 g/mol. The van der Waals surface area contributed by atoms with E-state index in [-0.39, 0.29) is 31.2 Å². The Morgan fingerprint density at radius 2 is 1.92 bits per heavy atom. The number of carbonyl (C=O) groups is 1. The van der Waals surface area contributed by atoms with Gasteiger partial charge in [0.2, 0.25) is 5.82 Å². The number of hydrogen-bond acceptors (Lipinski definition) is 5. The zero-order chi connectivity index (χ0) is 35.8. The van der Waals surface area contributed by atoms with Crippen molar-refractivity contribution in [3.63, 3.8) is 0 Å². The van der Waals surface area contributed by atoms with Crippen LogP contribution in [0.1, 0.15) is 102 Å². The fraction of sp³-hybridized carbons (Fsp3) is 0.528. The monoisotopic (exact) mass is 698 g/mol. The Kier molecular flexibility index (Phi) is 8.91. The molecule has 4 unspecified atom stereocenters. The van der Waals surface area contributed by atoms with Crippen LogP contribution in [0.5, 0.6) is 0 Å². The van der Waals surface area contributed by atoms with Crippen LogP contribution in [0.15, 0.2) is 59.6 Å². The van der Waals surface area contributed by atoms with E-state index in [2.05, 4.69) is 37.8 Å². The zero-order valence-electron chi connectivity index (χ0n) is 29.5. The lowest BCUT2D eigenvalue weighted by Crippen LogP contribution is -2.41. The summed E-state index contributed by atoms with van der Waals surface area (Å²) in [4.78, 5) is 19.9. The minimum absolute atomic E-state index is 0.212. The predicted octanol–water partition coefficient (Wildman–Crippen LogP) is 7.56. The van der Waals surface area contributed by atoms with Crippen molar-refractivity contribution in [1.29, 1.82) is 0 Å². The van der Waals surface area contributed by atoms with Crippen LogP contribution in [0, 0.1) is 0 Å². The highest BCUT2D eigenvalue weighted by Crippen LogP contribution is 2.54. The molecule has 4 aliphatic heterocycles. The Balaban J connectivity index is 1.16. The summed E-state index contributed by atoms with van der Waals surface area (Å²) in [5, 5.41) is 4.42. The summed E-state index contributed by atoms with van der Waals surface area (Å²) in [5.74, 6) is 0.300. The summed E-state index contributed by atoms with van der Waals surface area (Å²) >= 11 is 6.10. The molecular weight excluding hydrogens is 654 g/mol. The van der Waals surface area contributed by atoms with Crippen molar-refractivity contribution in [2.75, 3.05) is 13.1 Å². The number of carbonyl (C=O) groups excluding carboxylic acids is 1. The first-order valence-corrected chi connectivity index (χ1v) is 17.3. The zero-order valence-corrected chi connectivity index (χ0v) is 30.2.